The number of rotatable bonds is 15. The van der Waals surface area contributed by atoms with Gasteiger partial charge in [-0.3, -0.25) is 24.0 Å². The van der Waals surface area contributed by atoms with Crippen LogP contribution in [0.5, 0.6) is 0 Å². The molecule has 13 rings (SSSR count). The van der Waals surface area contributed by atoms with Gasteiger partial charge in [0.05, 0.1) is 71.1 Å². The molecule has 11 atom stereocenters. The maximum atomic E-state index is 11.7. The van der Waals surface area contributed by atoms with Crippen LogP contribution in [0.1, 0.15) is 179 Å². The molecule has 5 saturated carbocycles. The highest BCUT2D eigenvalue weighted by Crippen LogP contribution is 2.55. The summed E-state index contributed by atoms with van der Waals surface area (Å²) >= 11 is 8.78. The molecule has 0 N–H and O–H groups in total. The largest absolute Gasteiger partial charge is 0.466 e. The predicted octanol–water partition coefficient (Wildman–Crippen LogP) is 14.5. The molecule has 8 heterocycles. The van der Waals surface area contributed by atoms with Crippen molar-refractivity contribution < 1.29 is 43.0 Å². The summed E-state index contributed by atoms with van der Waals surface area (Å²) in [7, 11) is 0. The molecule has 0 spiro atoms. The average Bonchev–Trinajstić information content (AvgIpc) is 2.18. The Balaban J connectivity index is 0.000000199. The molecule has 88 heavy (non-hydrogen) atoms. The Morgan fingerprint density at radius 1 is 0.523 bits per heavy atom. The van der Waals surface area contributed by atoms with Crippen LogP contribution in [0.4, 0.5) is 0 Å². The molecule has 0 aliphatic heterocycles. The van der Waals surface area contributed by atoms with Crippen molar-refractivity contribution in [3.8, 4) is 0 Å². The van der Waals surface area contributed by atoms with Crippen molar-refractivity contribution in [2.45, 2.75) is 164 Å². The van der Waals surface area contributed by atoms with Gasteiger partial charge in [0.15, 0.2) is 5.78 Å². The maximum absolute atomic E-state index is 11.7. The fourth-order valence-electron chi connectivity index (χ4n) is 10.6. The van der Waals surface area contributed by atoms with Gasteiger partial charge in [-0.1, -0.05) is 95.6 Å². The summed E-state index contributed by atoms with van der Waals surface area (Å²) in [6, 6.07) is 24.2. The van der Waals surface area contributed by atoms with Crippen LogP contribution in [0, 0.1) is 56.3 Å². The molecule has 17 nitrogen and oxygen atoms in total. The number of esters is 3. The second-order valence-electron chi connectivity index (χ2n) is 21.0. The molecule has 8 aromatic rings. The molecule has 8 aromatic heterocycles. The molecule has 5 aliphatic rings. The predicted molar refractivity (Wildman–Crippen MR) is 350 cm³/mol. The lowest BCUT2D eigenvalue weighted by molar-refractivity contribution is -0.146. The summed E-state index contributed by atoms with van der Waals surface area (Å²) in [5, 5.41) is 0. The number of imidazole rings is 4. The SMILES string of the molecule is CC.CC.CC.CC.CCOC(=O)C1CC1C(=O)C(C)Br.CCOC(=O)C1CC1C=O.CCOC(=O)C1CC1c1nc2ccccn2c1C.Cc1c(C2CC2C(=O)CCl)nc2ccccn12.Cc1c(C2CC2c2cn3ccccc3n2)nc2ccccn12. The van der Waals surface area contributed by atoms with Crippen molar-refractivity contribution in [1.29, 1.82) is 0 Å². The Kier molecular flexibility index (Phi) is 28.2. The molecule has 0 bridgehead atoms. The Bertz CT molecular complexity index is 3540. The molecule has 0 radical (unpaired) electrons. The first kappa shape index (κ1) is 71.7. The number of carbonyl (C=O) groups is 6. The van der Waals surface area contributed by atoms with Gasteiger partial charge in [0.1, 0.15) is 34.7 Å². The van der Waals surface area contributed by atoms with E-state index in [0.29, 0.717) is 44.5 Å². The third-order valence-corrected chi connectivity index (χ3v) is 16.2. The summed E-state index contributed by atoms with van der Waals surface area (Å²) < 4.78 is 23.0. The lowest BCUT2D eigenvalue weighted by Crippen LogP contribution is -2.16. The molecule has 0 aromatic carbocycles. The van der Waals surface area contributed by atoms with Gasteiger partial charge < -0.3 is 36.6 Å². The van der Waals surface area contributed by atoms with E-state index in [1.165, 1.54) is 17.1 Å². The topological polar surface area (TPSA) is 199 Å². The van der Waals surface area contributed by atoms with Gasteiger partial charge in [0.25, 0.3) is 0 Å². The van der Waals surface area contributed by atoms with E-state index in [1.807, 2.05) is 129 Å². The van der Waals surface area contributed by atoms with Crippen molar-refractivity contribution in [3.05, 3.63) is 144 Å². The number of hydrogen-bond donors (Lipinski definition) is 0. The minimum Gasteiger partial charge on any atom is -0.466 e. The average molecular weight is 1290 g/mol. The second-order valence-corrected chi connectivity index (χ2v) is 22.6. The Labute approximate surface area is 532 Å². The van der Waals surface area contributed by atoms with E-state index in [0.717, 1.165) is 70.9 Å². The molecule has 0 saturated heterocycles. The zero-order valence-corrected chi connectivity index (χ0v) is 56.5. The summed E-state index contributed by atoms with van der Waals surface area (Å²) in [5.41, 5.74) is 12.0. The minimum atomic E-state index is -0.228. The number of hydrogen-bond acceptors (Lipinski definition) is 13. The van der Waals surface area contributed by atoms with E-state index in [2.05, 4.69) is 101 Å². The molecule has 5 fully saturated rings. The fraction of sp³-hybridized carbons (Fsp3) is 0.507. The first-order valence-electron chi connectivity index (χ1n) is 31.6. The zero-order chi connectivity index (χ0) is 64.9. The number of nitrogens with zero attached hydrogens (tertiary/aromatic N) is 8. The Morgan fingerprint density at radius 3 is 1.34 bits per heavy atom. The smallest absolute Gasteiger partial charge is 0.309 e. The van der Waals surface area contributed by atoms with Gasteiger partial charge in [0, 0.05) is 89.5 Å². The van der Waals surface area contributed by atoms with Crippen LogP contribution < -0.4 is 0 Å². The number of halogens is 2. The molecule has 11 unspecified atom stereocenters. The lowest BCUT2D eigenvalue weighted by atomic mass is 10.1. The van der Waals surface area contributed by atoms with Crippen LogP contribution in [-0.4, -0.2) is 104 Å². The number of pyridine rings is 4. The number of aldehydes is 1. The molecule has 5 aliphatic carbocycles. The number of ether oxygens (including phenoxy) is 3. The normalized spacial score (nSPS) is 21.9. The van der Waals surface area contributed by atoms with E-state index < -0.39 is 0 Å². The highest BCUT2D eigenvalue weighted by Gasteiger charge is 2.50. The van der Waals surface area contributed by atoms with Crippen LogP contribution in [0.3, 0.4) is 0 Å². The first-order valence-corrected chi connectivity index (χ1v) is 33.0. The molecule has 0 amide bonds. The number of Topliss-reactive ketones (excluding diaryl/α,β-unsaturated/α-hetero) is 2. The van der Waals surface area contributed by atoms with Crippen molar-refractivity contribution in [1.82, 2.24) is 37.5 Å². The zero-order valence-electron chi connectivity index (χ0n) is 54.1. The Hall–Kier alpha value is -7.05. The molecular formula is C69H92BrClN8O9. The van der Waals surface area contributed by atoms with Gasteiger partial charge in [0.2, 0.25) is 0 Å². The van der Waals surface area contributed by atoms with Gasteiger partial charge in [-0.15, -0.1) is 11.6 Å². The lowest BCUT2D eigenvalue weighted by Gasteiger charge is -2.01. The summed E-state index contributed by atoms with van der Waals surface area (Å²) in [5.74, 6) is 1.01. The van der Waals surface area contributed by atoms with E-state index in [9.17, 15) is 28.8 Å². The number of aryl methyl sites for hydroxylation is 3. The van der Waals surface area contributed by atoms with Crippen molar-refractivity contribution >= 4 is 85.9 Å². The summed E-state index contributed by atoms with van der Waals surface area (Å²) in [4.78, 5) is 85.2. The van der Waals surface area contributed by atoms with Crippen molar-refractivity contribution in [2.75, 3.05) is 25.7 Å². The van der Waals surface area contributed by atoms with E-state index >= 15 is 0 Å². The van der Waals surface area contributed by atoms with Gasteiger partial charge in [-0.25, -0.2) is 19.9 Å². The summed E-state index contributed by atoms with van der Waals surface area (Å²) in [6.07, 6.45) is 15.4. The van der Waals surface area contributed by atoms with Gasteiger partial charge in [-0.2, -0.15) is 0 Å². The number of ketones is 2. The monoisotopic (exact) mass is 1290 g/mol. The van der Waals surface area contributed by atoms with Crippen LogP contribution in [0.2, 0.25) is 0 Å². The first-order chi connectivity index (χ1) is 42.6. The third kappa shape index (κ3) is 17.8. The maximum Gasteiger partial charge on any atom is 0.309 e. The Morgan fingerprint density at radius 2 is 0.932 bits per heavy atom. The number of alkyl halides is 2. The van der Waals surface area contributed by atoms with Crippen LogP contribution in [-0.2, 0) is 43.0 Å². The van der Waals surface area contributed by atoms with Crippen LogP contribution in [0.25, 0.3) is 22.6 Å². The highest BCUT2D eigenvalue weighted by molar-refractivity contribution is 9.10. The number of carbonyl (C=O) groups excluding carboxylic acids is 6. The standard InChI is InChI=1S/C18H16N4.C14H16N2O2.C13H13ClN2O.C9H13BrO3.C7H10O3.4C2H6/c1-12-18(20-17-7-3-5-9-22(12)17)14-10-13(14)15-11-21-8-4-2-6-16(21)19-15;1-3-18-14(17)11-8-10(11)13-9(2)16-7-5-4-6-12(16)15-13;1-8-13(10-6-9(10)11(17)7-14)15-12-4-2-3-5-16(8)12;1-3-13-9(12)7-4-6(7)8(11)5(2)10;1-2-10-7(9)6-3-5(6)4-8;4*1-2/h2-9,11,13-14H,10H2,1H3;4-7,10-11H,3,8H2,1-2H3;2-5,9-10H,6-7H2,1H3;5-7H,3-4H2,1-2H3;4-6H,2-3H2,1H3;4*1-2H3. The van der Waals surface area contributed by atoms with Gasteiger partial charge >= 0.3 is 17.9 Å². The molecule has 476 valence electrons. The quantitative estimate of drug-likeness (QED) is 0.0407. The number of aromatic nitrogens is 8. The van der Waals surface area contributed by atoms with Gasteiger partial charge in [-0.05, 0) is 129 Å². The second kappa shape index (κ2) is 34.6. The highest BCUT2D eigenvalue weighted by atomic mass is 79.9. The molecular weight excluding hydrogens is 1200 g/mol. The fourth-order valence-corrected chi connectivity index (χ4v) is 11.1. The van der Waals surface area contributed by atoms with Crippen molar-refractivity contribution in [3.63, 3.8) is 0 Å². The minimum absolute atomic E-state index is 0.00793. The van der Waals surface area contributed by atoms with Crippen LogP contribution >= 0.6 is 27.5 Å². The summed E-state index contributed by atoms with van der Waals surface area (Å²) in [6.45, 7) is 30.7. The van der Waals surface area contributed by atoms with Crippen LogP contribution in [0.15, 0.2) is 104 Å². The molecule has 19 heteroatoms. The number of fused-ring (bicyclic) bond motifs is 4. The van der Waals surface area contributed by atoms with E-state index in [4.69, 9.17) is 35.8 Å². The third-order valence-electron chi connectivity index (χ3n) is 15.5. The van der Waals surface area contributed by atoms with Crippen molar-refractivity contribution in [2.24, 2.45) is 35.5 Å². The van der Waals surface area contributed by atoms with E-state index in [-0.39, 0.29) is 87.5 Å². The van der Waals surface area contributed by atoms with E-state index in [1.54, 1.807) is 20.8 Å².